The normalized spacial score (nSPS) is 31.8. The highest BCUT2D eigenvalue weighted by Gasteiger charge is 2.33. The lowest BCUT2D eigenvalue weighted by molar-refractivity contribution is 0.519. The van der Waals surface area contributed by atoms with Crippen molar-refractivity contribution in [3.63, 3.8) is 0 Å². The summed E-state index contributed by atoms with van der Waals surface area (Å²) in [4.78, 5) is 0. The highest BCUT2D eigenvalue weighted by molar-refractivity contribution is 6.21. The van der Waals surface area contributed by atoms with Crippen molar-refractivity contribution in [1.29, 1.82) is 0 Å². The van der Waals surface area contributed by atoms with Crippen LogP contribution in [0.25, 0.3) is 0 Å². The molecule has 0 bridgehead atoms. The third kappa shape index (κ3) is 1.28. The van der Waals surface area contributed by atoms with Crippen LogP contribution in [0.15, 0.2) is 18.2 Å². The van der Waals surface area contributed by atoms with Gasteiger partial charge in [0.2, 0.25) is 0 Å². The Morgan fingerprint density at radius 1 is 1.15 bits per heavy atom. The predicted molar refractivity (Wildman–Crippen MR) is 57.4 cm³/mol. The zero-order valence-corrected chi connectivity index (χ0v) is 9.10. The van der Waals surface area contributed by atoms with Crippen molar-refractivity contribution in [1.82, 2.24) is 0 Å². The molecule has 1 aromatic rings. The molecule has 0 saturated heterocycles. The molecule has 2 rings (SSSR count). The van der Waals surface area contributed by atoms with Crippen LogP contribution < -0.4 is 0 Å². The molecule has 70 valence electrons. The van der Waals surface area contributed by atoms with E-state index in [1.54, 1.807) is 0 Å². The smallest absolute Gasteiger partial charge is 0.0619 e. The fourth-order valence-electron chi connectivity index (χ4n) is 2.17. The third-order valence-corrected chi connectivity index (χ3v) is 3.91. The molecular formula is C12H15Cl. The van der Waals surface area contributed by atoms with Crippen LogP contribution in [0.3, 0.4) is 0 Å². The average molecular weight is 195 g/mol. The molecule has 0 aromatic heterocycles. The SMILES string of the molecule is Cc1ccc2c(c1)C(Cl)C(C)C2C. The van der Waals surface area contributed by atoms with Crippen molar-refractivity contribution in [2.45, 2.75) is 32.1 Å². The predicted octanol–water partition coefficient (Wildman–Crippen LogP) is 4.03. The lowest BCUT2D eigenvalue weighted by atomic mass is 9.96. The second-order valence-corrected chi connectivity index (χ2v) is 4.65. The summed E-state index contributed by atoms with van der Waals surface area (Å²) in [6.07, 6.45) is 0. The summed E-state index contributed by atoms with van der Waals surface area (Å²) in [6.45, 7) is 6.62. The standard InChI is InChI=1S/C12H15Cl/c1-7-4-5-10-8(2)9(3)12(13)11(10)6-7/h4-6,8-9,12H,1-3H3. The van der Waals surface area contributed by atoms with Gasteiger partial charge in [-0.3, -0.25) is 0 Å². The van der Waals surface area contributed by atoms with Gasteiger partial charge in [0.05, 0.1) is 5.38 Å². The van der Waals surface area contributed by atoms with Crippen molar-refractivity contribution < 1.29 is 0 Å². The number of hydrogen-bond acceptors (Lipinski definition) is 0. The number of benzene rings is 1. The zero-order chi connectivity index (χ0) is 9.59. The molecule has 0 aliphatic heterocycles. The Labute approximate surface area is 84.9 Å². The summed E-state index contributed by atoms with van der Waals surface area (Å²) in [5, 5.41) is 0.213. The van der Waals surface area contributed by atoms with Crippen molar-refractivity contribution >= 4 is 11.6 Å². The van der Waals surface area contributed by atoms with Crippen molar-refractivity contribution in [2.75, 3.05) is 0 Å². The van der Waals surface area contributed by atoms with Gasteiger partial charge in [-0.15, -0.1) is 11.6 Å². The van der Waals surface area contributed by atoms with E-state index in [0.29, 0.717) is 11.8 Å². The van der Waals surface area contributed by atoms with Crippen LogP contribution in [-0.2, 0) is 0 Å². The van der Waals surface area contributed by atoms with Gasteiger partial charge in [0, 0.05) is 0 Å². The van der Waals surface area contributed by atoms with E-state index in [9.17, 15) is 0 Å². The summed E-state index contributed by atoms with van der Waals surface area (Å²) in [6, 6.07) is 6.64. The fourth-order valence-corrected chi connectivity index (χ4v) is 2.57. The van der Waals surface area contributed by atoms with Gasteiger partial charge in [0.1, 0.15) is 0 Å². The van der Waals surface area contributed by atoms with E-state index >= 15 is 0 Å². The van der Waals surface area contributed by atoms with Gasteiger partial charge in [-0.1, -0.05) is 37.6 Å². The number of halogens is 1. The first-order valence-corrected chi connectivity index (χ1v) is 5.29. The molecule has 0 saturated carbocycles. The minimum Gasteiger partial charge on any atom is -0.117 e. The topological polar surface area (TPSA) is 0 Å². The molecule has 0 spiro atoms. The highest BCUT2D eigenvalue weighted by Crippen LogP contribution is 2.48. The van der Waals surface area contributed by atoms with Gasteiger partial charge in [0.15, 0.2) is 0 Å². The van der Waals surface area contributed by atoms with Crippen molar-refractivity contribution in [3.8, 4) is 0 Å². The van der Waals surface area contributed by atoms with Gasteiger partial charge >= 0.3 is 0 Å². The molecule has 1 aromatic carbocycles. The van der Waals surface area contributed by atoms with E-state index in [-0.39, 0.29) is 5.38 Å². The van der Waals surface area contributed by atoms with Crippen LogP contribution >= 0.6 is 11.6 Å². The van der Waals surface area contributed by atoms with Crippen molar-refractivity contribution in [2.24, 2.45) is 5.92 Å². The molecule has 0 amide bonds. The minimum absolute atomic E-state index is 0.213. The second-order valence-electron chi connectivity index (χ2n) is 4.18. The van der Waals surface area contributed by atoms with Crippen LogP contribution in [0.2, 0.25) is 0 Å². The van der Waals surface area contributed by atoms with Gasteiger partial charge in [-0.05, 0) is 29.9 Å². The molecule has 3 atom stereocenters. The van der Waals surface area contributed by atoms with Gasteiger partial charge in [-0.2, -0.15) is 0 Å². The van der Waals surface area contributed by atoms with E-state index in [0.717, 1.165) is 0 Å². The first kappa shape index (κ1) is 9.08. The average Bonchev–Trinajstić information content (AvgIpc) is 2.32. The quantitative estimate of drug-likeness (QED) is 0.547. The molecule has 1 aliphatic rings. The maximum atomic E-state index is 6.36. The molecule has 1 aliphatic carbocycles. The molecule has 13 heavy (non-hydrogen) atoms. The molecule has 0 heterocycles. The minimum atomic E-state index is 0.213. The Morgan fingerprint density at radius 3 is 2.54 bits per heavy atom. The number of fused-ring (bicyclic) bond motifs is 1. The summed E-state index contributed by atoms with van der Waals surface area (Å²) >= 11 is 6.36. The first-order chi connectivity index (χ1) is 6.11. The maximum Gasteiger partial charge on any atom is 0.0619 e. The Balaban J connectivity index is 2.54. The molecule has 0 fully saturated rings. The fraction of sp³-hybridized carbons (Fsp3) is 0.500. The summed E-state index contributed by atoms with van der Waals surface area (Å²) < 4.78 is 0. The zero-order valence-electron chi connectivity index (χ0n) is 8.34. The number of alkyl halides is 1. The summed E-state index contributed by atoms with van der Waals surface area (Å²) in [7, 11) is 0. The molecule has 0 nitrogen and oxygen atoms in total. The molecule has 3 unspecified atom stereocenters. The molecule has 0 N–H and O–H groups in total. The highest BCUT2D eigenvalue weighted by atomic mass is 35.5. The van der Waals surface area contributed by atoms with Crippen molar-refractivity contribution in [3.05, 3.63) is 34.9 Å². The summed E-state index contributed by atoms with van der Waals surface area (Å²) in [5.41, 5.74) is 4.10. The lowest BCUT2D eigenvalue weighted by Gasteiger charge is -2.11. The summed E-state index contributed by atoms with van der Waals surface area (Å²) in [5.74, 6) is 1.18. The van der Waals surface area contributed by atoms with Gasteiger partial charge in [-0.25, -0.2) is 0 Å². The van der Waals surface area contributed by atoms with Crippen LogP contribution in [0, 0.1) is 12.8 Å². The van der Waals surface area contributed by atoms with Gasteiger partial charge in [0.25, 0.3) is 0 Å². The first-order valence-electron chi connectivity index (χ1n) is 4.85. The Morgan fingerprint density at radius 2 is 1.85 bits per heavy atom. The number of aryl methyl sites for hydroxylation is 1. The third-order valence-electron chi connectivity index (χ3n) is 3.28. The largest absolute Gasteiger partial charge is 0.117 e. The molecular weight excluding hydrogens is 180 g/mol. The van der Waals surface area contributed by atoms with E-state index in [4.69, 9.17) is 11.6 Å². The van der Waals surface area contributed by atoms with Crippen LogP contribution in [-0.4, -0.2) is 0 Å². The Kier molecular flexibility index (Phi) is 2.11. The molecule has 1 heteroatoms. The van der Waals surface area contributed by atoms with E-state index in [2.05, 4.69) is 39.0 Å². The number of hydrogen-bond donors (Lipinski definition) is 0. The van der Waals surface area contributed by atoms with E-state index < -0.39 is 0 Å². The second kappa shape index (κ2) is 3.02. The molecule has 0 radical (unpaired) electrons. The van der Waals surface area contributed by atoms with Crippen LogP contribution in [0.5, 0.6) is 0 Å². The Hall–Kier alpha value is -0.490. The van der Waals surface area contributed by atoms with Gasteiger partial charge < -0.3 is 0 Å². The lowest BCUT2D eigenvalue weighted by Crippen LogP contribution is -2.00. The van der Waals surface area contributed by atoms with Crippen LogP contribution in [0.1, 0.15) is 41.8 Å². The Bertz CT molecular complexity index is 330. The van der Waals surface area contributed by atoms with Crippen LogP contribution in [0.4, 0.5) is 0 Å². The maximum absolute atomic E-state index is 6.36. The number of rotatable bonds is 0. The monoisotopic (exact) mass is 194 g/mol. The van der Waals surface area contributed by atoms with E-state index in [1.165, 1.54) is 16.7 Å². The van der Waals surface area contributed by atoms with E-state index in [1.807, 2.05) is 0 Å².